The van der Waals surface area contributed by atoms with E-state index in [0.29, 0.717) is 24.3 Å². The van der Waals surface area contributed by atoms with Gasteiger partial charge in [0.1, 0.15) is 0 Å². The van der Waals surface area contributed by atoms with Crippen LogP contribution in [0.1, 0.15) is 57.8 Å². The van der Waals surface area contributed by atoms with E-state index in [0.717, 1.165) is 37.4 Å². The topological polar surface area (TPSA) is 37.4 Å². The van der Waals surface area contributed by atoms with Crippen LogP contribution >= 0.6 is 15.9 Å². The Hall–Kier alpha value is 0.390. The fourth-order valence-electron chi connectivity index (χ4n) is 3.19. The van der Waals surface area contributed by atoms with Crippen molar-refractivity contribution in [1.29, 1.82) is 0 Å². The third kappa shape index (κ3) is 4.43. The maximum atomic E-state index is 12.6. The van der Waals surface area contributed by atoms with Gasteiger partial charge in [-0.05, 0) is 38.0 Å². The summed E-state index contributed by atoms with van der Waals surface area (Å²) in [6, 6.07) is 0.299. The zero-order valence-corrected chi connectivity index (χ0v) is 14.1. The van der Waals surface area contributed by atoms with Gasteiger partial charge in [0.05, 0.1) is 5.75 Å². The van der Waals surface area contributed by atoms with Crippen molar-refractivity contribution in [3.05, 3.63) is 0 Å². The van der Waals surface area contributed by atoms with Crippen molar-refractivity contribution < 1.29 is 8.42 Å². The van der Waals surface area contributed by atoms with Gasteiger partial charge in [-0.15, -0.1) is 0 Å². The van der Waals surface area contributed by atoms with Crippen molar-refractivity contribution in [2.45, 2.75) is 63.8 Å². The van der Waals surface area contributed by atoms with Gasteiger partial charge in [0.25, 0.3) is 0 Å². The van der Waals surface area contributed by atoms with Gasteiger partial charge in [0.15, 0.2) is 0 Å². The minimum Gasteiger partial charge on any atom is -0.212 e. The number of nitrogens with zero attached hydrogens (tertiary/aromatic N) is 1. The molecule has 2 fully saturated rings. The SMILES string of the molecule is O=S(=O)(CC1CCCCC1)N(CCCBr)C1CCC1. The molecular formula is C14H26BrNO2S. The van der Waals surface area contributed by atoms with Crippen molar-refractivity contribution >= 4 is 26.0 Å². The molecule has 2 aliphatic carbocycles. The van der Waals surface area contributed by atoms with Crippen LogP contribution in [-0.2, 0) is 10.0 Å². The second-order valence-electron chi connectivity index (χ2n) is 6.02. The zero-order chi connectivity index (χ0) is 13.7. The summed E-state index contributed by atoms with van der Waals surface area (Å²) < 4.78 is 27.1. The average Bonchev–Trinajstić information content (AvgIpc) is 2.32. The maximum absolute atomic E-state index is 12.6. The minimum atomic E-state index is -3.04. The zero-order valence-electron chi connectivity index (χ0n) is 11.7. The van der Waals surface area contributed by atoms with Gasteiger partial charge in [0, 0.05) is 17.9 Å². The summed E-state index contributed by atoms with van der Waals surface area (Å²) in [5.74, 6) is 0.802. The van der Waals surface area contributed by atoms with Crippen LogP contribution in [0.5, 0.6) is 0 Å². The lowest BCUT2D eigenvalue weighted by molar-refractivity contribution is 0.218. The molecule has 0 aromatic rings. The van der Waals surface area contributed by atoms with E-state index in [1.807, 2.05) is 4.31 Å². The van der Waals surface area contributed by atoms with Crippen LogP contribution < -0.4 is 0 Å². The van der Waals surface area contributed by atoms with Gasteiger partial charge in [-0.1, -0.05) is 41.6 Å². The smallest absolute Gasteiger partial charge is 0.212 e. The highest BCUT2D eigenvalue weighted by Crippen LogP contribution is 2.31. The van der Waals surface area contributed by atoms with Crippen molar-refractivity contribution in [2.75, 3.05) is 17.6 Å². The van der Waals surface area contributed by atoms with Gasteiger partial charge in [0.2, 0.25) is 10.0 Å². The van der Waals surface area contributed by atoms with Crippen LogP contribution in [0.3, 0.4) is 0 Å². The second-order valence-corrected chi connectivity index (χ2v) is 8.78. The van der Waals surface area contributed by atoms with E-state index in [2.05, 4.69) is 15.9 Å². The molecule has 0 aromatic heterocycles. The van der Waals surface area contributed by atoms with Crippen LogP contribution in [0.25, 0.3) is 0 Å². The van der Waals surface area contributed by atoms with E-state index in [9.17, 15) is 8.42 Å². The molecule has 19 heavy (non-hydrogen) atoms. The van der Waals surface area contributed by atoms with Crippen LogP contribution in [-0.4, -0.2) is 36.4 Å². The number of sulfonamides is 1. The summed E-state index contributed by atoms with van der Waals surface area (Å²) in [4.78, 5) is 0. The van der Waals surface area contributed by atoms with Crippen LogP contribution in [0.2, 0.25) is 0 Å². The number of halogens is 1. The van der Waals surface area contributed by atoms with Gasteiger partial charge in [-0.3, -0.25) is 0 Å². The predicted octanol–water partition coefficient (Wildman–Crippen LogP) is 3.54. The first-order valence-electron chi connectivity index (χ1n) is 7.69. The van der Waals surface area contributed by atoms with Crippen LogP contribution in [0, 0.1) is 5.92 Å². The number of hydrogen-bond donors (Lipinski definition) is 0. The fourth-order valence-corrected chi connectivity index (χ4v) is 5.63. The molecular weight excluding hydrogens is 326 g/mol. The van der Waals surface area contributed by atoms with E-state index in [1.165, 1.54) is 25.7 Å². The monoisotopic (exact) mass is 351 g/mol. The van der Waals surface area contributed by atoms with E-state index in [1.54, 1.807) is 0 Å². The van der Waals surface area contributed by atoms with Crippen molar-refractivity contribution in [1.82, 2.24) is 4.31 Å². The Morgan fingerprint density at radius 1 is 1.00 bits per heavy atom. The molecule has 0 N–H and O–H groups in total. The van der Waals surface area contributed by atoms with E-state index in [-0.39, 0.29) is 0 Å². The molecule has 2 rings (SSSR count). The number of hydrogen-bond acceptors (Lipinski definition) is 2. The Bertz CT molecular complexity index is 362. The molecule has 112 valence electrons. The molecule has 5 heteroatoms. The molecule has 0 atom stereocenters. The third-order valence-corrected chi connectivity index (χ3v) is 7.17. The fraction of sp³-hybridized carbons (Fsp3) is 1.00. The molecule has 0 unspecified atom stereocenters. The molecule has 0 radical (unpaired) electrons. The largest absolute Gasteiger partial charge is 0.214 e. The Balaban J connectivity index is 1.96. The molecule has 0 amide bonds. The lowest BCUT2D eigenvalue weighted by atomic mass is 9.91. The molecule has 0 aliphatic heterocycles. The summed E-state index contributed by atoms with van der Waals surface area (Å²) >= 11 is 3.41. The van der Waals surface area contributed by atoms with Gasteiger partial charge < -0.3 is 0 Å². The summed E-state index contributed by atoms with van der Waals surface area (Å²) in [6.07, 6.45) is 10.2. The summed E-state index contributed by atoms with van der Waals surface area (Å²) in [6.45, 7) is 0.699. The molecule has 2 saturated carbocycles. The lowest BCUT2D eigenvalue weighted by Crippen LogP contribution is -2.46. The normalized spacial score (nSPS) is 22.6. The highest BCUT2D eigenvalue weighted by Gasteiger charge is 2.34. The van der Waals surface area contributed by atoms with E-state index < -0.39 is 10.0 Å². The Morgan fingerprint density at radius 3 is 2.21 bits per heavy atom. The van der Waals surface area contributed by atoms with Crippen molar-refractivity contribution in [3.8, 4) is 0 Å². The molecule has 2 aliphatic rings. The second kappa shape index (κ2) is 7.41. The standard InChI is InChI=1S/C14H26BrNO2S/c15-10-5-11-16(14-8-4-9-14)19(17,18)12-13-6-2-1-3-7-13/h13-14H,1-12H2. The quantitative estimate of drug-likeness (QED) is 0.658. The third-order valence-electron chi connectivity index (χ3n) is 4.52. The van der Waals surface area contributed by atoms with E-state index >= 15 is 0 Å². The van der Waals surface area contributed by atoms with Gasteiger partial charge >= 0.3 is 0 Å². The average molecular weight is 352 g/mol. The Morgan fingerprint density at radius 2 is 1.68 bits per heavy atom. The lowest BCUT2D eigenvalue weighted by Gasteiger charge is -2.37. The van der Waals surface area contributed by atoms with Crippen LogP contribution in [0.4, 0.5) is 0 Å². The minimum absolute atomic E-state index is 0.299. The summed E-state index contributed by atoms with van der Waals surface area (Å²) in [5, 5.41) is 0.884. The highest BCUT2D eigenvalue weighted by molar-refractivity contribution is 9.09. The molecule has 3 nitrogen and oxygen atoms in total. The molecule has 0 spiro atoms. The molecule has 0 heterocycles. The molecule has 0 bridgehead atoms. The first-order valence-corrected chi connectivity index (χ1v) is 10.4. The Kier molecular flexibility index (Phi) is 6.15. The maximum Gasteiger partial charge on any atom is 0.214 e. The summed E-state index contributed by atoms with van der Waals surface area (Å²) in [7, 11) is -3.04. The Labute approximate surface area is 126 Å². The van der Waals surface area contributed by atoms with Crippen molar-refractivity contribution in [3.63, 3.8) is 0 Å². The highest BCUT2D eigenvalue weighted by atomic mass is 79.9. The number of rotatable bonds is 7. The van der Waals surface area contributed by atoms with Gasteiger partial charge in [-0.2, -0.15) is 4.31 Å². The van der Waals surface area contributed by atoms with Crippen LogP contribution in [0.15, 0.2) is 0 Å². The first kappa shape index (κ1) is 15.8. The number of alkyl halides is 1. The predicted molar refractivity (Wildman–Crippen MR) is 83.1 cm³/mol. The van der Waals surface area contributed by atoms with Gasteiger partial charge in [-0.25, -0.2) is 8.42 Å². The summed E-state index contributed by atoms with van der Waals surface area (Å²) in [5.41, 5.74) is 0. The van der Waals surface area contributed by atoms with Crippen molar-refractivity contribution in [2.24, 2.45) is 5.92 Å². The first-order chi connectivity index (χ1) is 9.13. The molecule has 0 saturated heterocycles. The van der Waals surface area contributed by atoms with E-state index in [4.69, 9.17) is 0 Å². The molecule has 0 aromatic carbocycles.